The van der Waals surface area contributed by atoms with Crippen molar-refractivity contribution in [3.05, 3.63) is 256 Å². The minimum atomic E-state index is -0.809. The van der Waals surface area contributed by atoms with E-state index in [0.29, 0.717) is 69.9 Å². The first-order valence-corrected chi connectivity index (χ1v) is 38.9. The Morgan fingerprint density at radius 2 is 0.750 bits per heavy atom. The minimum absolute atomic E-state index is 0. The van der Waals surface area contributed by atoms with Crippen LogP contribution in [0.3, 0.4) is 0 Å². The van der Waals surface area contributed by atoms with Crippen LogP contribution >= 0.6 is 58.8 Å². The molecule has 5 aliphatic heterocycles. The van der Waals surface area contributed by atoms with Gasteiger partial charge in [0, 0.05) is 83.3 Å². The number of methoxy groups -OCH3 is 5. The molecule has 2 N–H and O–H groups in total. The number of hydrogen-bond donors (Lipinski definition) is 2. The van der Waals surface area contributed by atoms with E-state index >= 15 is 0 Å². The number of amides is 1. The Kier molecular flexibility index (Phi) is 34.3. The number of aryl methyl sites for hydroxylation is 2. The number of carbonyl (C=O) groups excluding carboxylic acids is 3. The van der Waals surface area contributed by atoms with Crippen LogP contribution in [-0.2, 0) is 40.1 Å². The molecule has 15 aromatic rings. The van der Waals surface area contributed by atoms with Gasteiger partial charge < -0.3 is 63.3 Å². The summed E-state index contributed by atoms with van der Waals surface area (Å²) in [5.74, 6) is 6.39. The first-order chi connectivity index (χ1) is 57.9. The van der Waals surface area contributed by atoms with Crippen LogP contribution in [0.4, 0.5) is 66.2 Å². The van der Waals surface area contributed by atoms with E-state index in [1.54, 1.807) is 71.0 Å². The molecule has 0 saturated carbocycles. The number of ketones is 2. The number of pyridine rings is 2. The molecule has 7 aromatic heterocycles. The van der Waals surface area contributed by atoms with E-state index in [1.165, 1.54) is 11.1 Å². The summed E-state index contributed by atoms with van der Waals surface area (Å²) >= 11 is 23.7. The van der Waals surface area contributed by atoms with E-state index in [0.717, 1.165) is 145 Å². The fourth-order valence-electron chi connectivity index (χ4n) is 14.5. The van der Waals surface area contributed by atoms with Gasteiger partial charge in [-0.1, -0.05) is 48.0 Å². The number of para-hydroxylation sites is 3. The number of benzene rings is 8. The molecule has 0 bridgehead atoms. The SMILES string of the molecule is COc1ccc2c(c1)CC(=O)CN2c1nc(Cl)nc2ccccc12.COc1ccc2c(c1)CC(=O)CN2c1nc([18F])nc2ccccc12.COc1ccc2c(c1)CCCN2c1nc(Cl)nc2ncccc12.COc1ccc2c(c1)CCCN2c1nc([18F])nc2ncccc12.COc1ccc2c(c1)NC(=O)CN2.Cl.Clc1nc(Cl)c2ccccc2n1.[18F-].[18F-].[K+].[K+]. The number of rotatable bonds is 9. The average molecular weight is 1830 g/mol. The fraction of sp³-hybridized carbons (Fsp3) is 0.184. The van der Waals surface area contributed by atoms with Gasteiger partial charge in [-0.2, -0.15) is 38.7 Å². The van der Waals surface area contributed by atoms with Gasteiger partial charge in [-0.3, -0.25) is 14.4 Å². The van der Waals surface area contributed by atoms with Crippen molar-refractivity contribution in [1.82, 2.24) is 59.8 Å². The number of aromatic nitrogens is 12. The predicted molar refractivity (Wildman–Crippen MR) is 465 cm³/mol. The molecule has 8 aromatic carbocycles. The first-order valence-electron chi connectivity index (χ1n) is 37.4. The Hall–Kier alpha value is -9.99. The summed E-state index contributed by atoms with van der Waals surface area (Å²) in [6.45, 7) is 2.41. The number of hydrogen-bond acceptors (Lipinski definition) is 25. The third-order valence-electron chi connectivity index (χ3n) is 19.9. The Balaban J connectivity index is 0.000000157. The van der Waals surface area contributed by atoms with Crippen LogP contribution in [0.5, 0.6) is 28.7 Å². The van der Waals surface area contributed by atoms with E-state index in [-0.39, 0.29) is 171 Å². The second-order valence-corrected chi connectivity index (χ2v) is 28.6. The number of anilines is 10. The molecule has 0 spiro atoms. The molecule has 0 atom stereocenters. The Morgan fingerprint density at radius 1 is 0.379 bits per heavy atom. The van der Waals surface area contributed by atoms with Crippen molar-refractivity contribution < 1.29 is 159 Å². The van der Waals surface area contributed by atoms with Crippen molar-refractivity contribution in [3.8, 4) is 28.7 Å². The average Bonchev–Trinajstić information content (AvgIpc) is 0.775. The molecule has 0 unspecified atom stereocenters. The van der Waals surface area contributed by atoms with E-state index < -0.39 is 12.2 Å². The topological polar surface area (TPSA) is 289 Å². The molecule has 124 heavy (non-hydrogen) atoms. The molecule has 624 valence electrons. The summed E-state index contributed by atoms with van der Waals surface area (Å²) in [4.78, 5) is 92.6. The molecule has 0 radical (unpaired) electrons. The molecule has 37 heteroatoms. The van der Waals surface area contributed by atoms with Crippen molar-refractivity contribution in [2.45, 2.75) is 38.5 Å². The van der Waals surface area contributed by atoms with Gasteiger partial charge in [0.1, 0.15) is 57.2 Å². The Labute approximate surface area is 819 Å². The third-order valence-corrected chi connectivity index (χ3v) is 20.7. The minimum Gasteiger partial charge on any atom is -1.00 e. The monoisotopic (exact) mass is 1820 g/mol. The van der Waals surface area contributed by atoms with Crippen molar-refractivity contribution in [3.63, 3.8) is 0 Å². The molecule has 1 amide bonds. The molecule has 0 aliphatic carbocycles. The summed E-state index contributed by atoms with van der Waals surface area (Å²) < 4.78 is 53.9. The summed E-state index contributed by atoms with van der Waals surface area (Å²) in [6, 6.07) is 58.7. The quantitative estimate of drug-likeness (QED) is 0.0719. The molecule has 0 fully saturated rings. The standard InChI is InChI=1S/C18H14ClN3O2.C18H14FN3O2.C17H15ClN4O.C17H15FN4O.C9H10N2O2.C8H4Cl2N2.ClH.2FH.2K/c2*1-24-13-6-7-16-11(9-13)8-12(23)10-22(16)17-14-4-2-3-5-15(14)20-18(19)21-17;2*1-23-12-6-7-14-11(10-12)4-3-9-22(14)16-13-5-2-8-19-15(13)20-17(18)21-16;1-13-6-2-3-7-8(4-6)11-9(12)5-10-7;9-7-5-3-1-2-4-6(5)11-8(10)12-7;;;;;/h2*2-7,9H,8,10H2,1H3;2*2,5-8,10H,3-4,9H2,1H3;2-4,10H,5H2,1H3,(H,11,12);1-4H;3*1H;;/q;;;;;;;;;2*+1/p-2/i;19-1;;18-1;;;;2*1-1;;. The van der Waals surface area contributed by atoms with Gasteiger partial charge in [-0.05, 0) is 228 Å². The van der Waals surface area contributed by atoms with Crippen molar-refractivity contribution in [2.75, 3.05) is 98.5 Å². The zero-order valence-corrected chi connectivity index (χ0v) is 77.8. The Bertz CT molecular complexity index is 6110. The Morgan fingerprint density at radius 3 is 1.24 bits per heavy atom. The van der Waals surface area contributed by atoms with Crippen LogP contribution in [0.1, 0.15) is 35.1 Å². The van der Waals surface area contributed by atoms with Gasteiger partial charge >= 0.3 is 115 Å². The van der Waals surface area contributed by atoms with Gasteiger partial charge in [0.15, 0.2) is 22.9 Å². The van der Waals surface area contributed by atoms with Crippen LogP contribution in [-0.4, -0.2) is 146 Å². The largest absolute Gasteiger partial charge is 1.00 e. The number of fused-ring (bicyclic) bond motifs is 10. The zero-order valence-electron chi connectivity index (χ0n) is 67.7. The second kappa shape index (κ2) is 44.2. The molecule has 12 heterocycles. The molecule has 20 rings (SSSR count). The summed E-state index contributed by atoms with van der Waals surface area (Å²) in [6.07, 6.45) is 6.47. The van der Waals surface area contributed by atoms with Crippen LogP contribution in [0, 0.1) is 12.2 Å². The number of Topliss-reactive ketones (excluding diaryl/α,β-unsaturated/α-hetero) is 2. The second-order valence-electron chi connectivity index (χ2n) is 27.3. The van der Waals surface area contributed by atoms with Gasteiger partial charge in [0.05, 0.1) is 93.9 Å². The smallest absolute Gasteiger partial charge is 1.00 e. The zero-order chi connectivity index (χ0) is 82.8. The molecular weight excluding hydrogens is 1750 g/mol. The normalized spacial score (nSPS) is 13.0. The van der Waals surface area contributed by atoms with Gasteiger partial charge in [0.2, 0.25) is 21.8 Å². The van der Waals surface area contributed by atoms with E-state index in [2.05, 4.69) is 87.5 Å². The van der Waals surface area contributed by atoms with E-state index in [1.807, 2.05) is 168 Å². The summed E-state index contributed by atoms with van der Waals surface area (Å²) in [7, 11) is 8.13. The number of ether oxygens (including phenoxy) is 5. The van der Waals surface area contributed by atoms with Crippen molar-refractivity contribution >= 4 is 188 Å². The van der Waals surface area contributed by atoms with Crippen molar-refractivity contribution in [2.24, 2.45) is 0 Å². The van der Waals surface area contributed by atoms with E-state index in [9.17, 15) is 23.2 Å². The summed E-state index contributed by atoms with van der Waals surface area (Å²) in [5, 5.41) is 10.7. The number of nitrogens with zero attached hydrogens (tertiary/aromatic N) is 16. The maximum atomic E-state index is 13.9. The van der Waals surface area contributed by atoms with Crippen LogP contribution in [0.2, 0.25) is 21.0 Å². The van der Waals surface area contributed by atoms with Crippen LogP contribution in [0.25, 0.3) is 54.8 Å². The predicted octanol–water partition coefficient (Wildman–Crippen LogP) is 6.06. The van der Waals surface area contributed by atoms with Gasteiger partial charge in [0.25, 0.3) is 0 Å². The van der Waals surface area contributed by atoms with Crippen LogP contribution < -0.4 is 166 Å². The van der Waals surface area contributed by atoms with Crippen molar-refractivity contribution in [1.29, 1.82) is 0 Å². The maximum Gasteiger partial charge on any atom is 1.00 e. The number of carbonyl (C=O) groups is 3. The summed E-state index contributed by atoms with van der Waals surface area (Å²) in [5.41, 5.74) is 12.8. The molecule has 0 saturated heterocycles. The number of nitrogens with one attached hydrogen (secondary N) is 2. The van der Waals surface area contributed by atoms with Gasteiger partial charge in [-0.25, -0.2) is 29.9 Å². The maximum absolute atomic E-state index is 13.9. The molecular formula is C87H73Cl5F4K2N18O8. The molecule has 5 aliphatic rings. The number of halogens is 9. The molecule has 26 nitrogen and oxygen atoms in total. The first kappa shape index (κ1) is 96.2. The van der Waals surface area contributed by atoms with Crippen LogP contribution in [0.15, 0.2) is 200 Å². The van der Waals surface area contributed by atoms with E-state index in [4.69, 9.17) is 70.1 Å². The fourth-order valence-corrected chi connectivity index (χ4v) is 15.3. The van der Waals surface area contributed by atoms with Gasteiger partial charge in [-0.15, -0.1) is 12.4 Å². The third kappa shape index (κ3) is 22.3.